The third kappa shape index (κ3) is 2.42. The number of ketones is 1. The van der Waals surface area contributed by atoms with E-state index in [0.29, 0.717) is 17.1 Å². The van der Waals surface area contributed by atoms with Crippen LogP contribution in [0.1, 0.15) is 35.3 Å². The molecule has 23 heavy (non-hydrogen) atoms. The number of hydrogen-bond donors (Lipinski definition) is 0. The van der Waals surface area contributed by atoms with E-state index >= 15 is 0 Å². The number of carbonyl (C=O) groups is 1. The van der Waals surface area contributed by atoms with Gasteiger partial charge in [0.05, 0.1) is 14.2 Å². The number of hydrogen-bond acceptors (Lipinski definition) is 3. The van der Waals surface area contributed by atoms with Crippen molar-refractivity contribution in [1.82, 2.24) is 0 Å². The van der Waals surface area contributed by atoms with Crippen LogP contribution in [0.15, 0.2) is 48.0 Å². The van der Waals surface area contributed by atoms with Gasteiger partial charge in [-0.1, -0.05) is 44.2 Å². The van der Waals surface area contributed by atoms with Gasteiger partial charge in [0.15, 0.2) is 17.3 Å². The van der Waals surface area contributed by atoms with E-state index < -0.39 is 0 Å². The van der Waals surface area contributed by atoms with Crippen LogP contribution in [0.2, 0.25) is 0 Å². The molecule has 0 radical (unpaired) electrons. The summed E-state index contributed by atoms with van der Waals surface area (Å²) in [6.07, 6.45) is 1.97. The van der Waals surface area contributed by atoms with Crippen LogP contribution in [-0.2, 0) is 5.41 Å². The summed E-state index contributed by atoms with van der Waals surface area (Å²) in [4.78, 5) is 12.9. The zero-order chi connectivity index (χ0) is 16.6. The van der Waals surface area contributed by atoms with Crippen LogP contribution >= 0.6 is 0 Å². The van der Waals surface area contributed by atoms with Gasteiger partial charge < -0.3 is 9.47 Å². The Morgan fingerprint density at radius 3 is 2.17 bits per heavy atom. The van der Waals surface area contributed by atoms with Crippen LogP contribution in [0.25, 0.3) is 6.08 Å². The molecule has 0 heterocycles. The Bertz CT molecular complexity index is 786. The predicted octanol–water partition coefficient (Wildman–Crippen LogP) is 4.26. The van der Waals surface area contributed by atoms with E-state index in [1.165, 1.54) is 0 Å². The lowest BCUT2D eigenvalue weighted by molar-refractivity contribution is 0.103. The number of carbonyl (C=O) groups excluding carboxylic acids is 1. The molecule has 0 saturated carbocycles. The maximum Gasteiger partial charge on any atom is 0.190 e. The van der Waals surface area contributed by atoms with Crippen LogP contribution in [0.3, 0.4) is 0 Å². The molecule has 1 aliphatic carbocycles. The summed E-state index contributed by atoms with van der Waals surface area (Å²) in [5.74, 6) is 1.28. The lowest BCUT2D eigenvalue weighted by Gasteiger charge is -2.21. The number of Topliss-reactive ketones (excluding diaryl/α,β-unsaturated/α-hetero) is 1. The van der Waals surface area contributed by atoms with Gasteiger partial charge in [-0.25, -0.2) is 0 Å². The molecule has 0 atom stereocenters. The summed E-state index contributed by atoms with van der Waals surface area (Å²) in [6.45, 7) is 4.13. The maximum atomic E-state index is 12.9. The maximum absolute atomic E-state index is 12.9. The van der Waals surface area contributed by atoms with Crippen molar-refractivity contribution in [3.8, 4) is 11.5 Å². The third-order valence-electron chi connectivity index (χ3n) is 4.47. The predicted molar refractivity (Wildman–Crippen MR) is 91.3 cm³/mol. The molecule has 0 bridgehead atoms. The van der Waals surface area contributed by atoms with Crippen LogP contribution in [-0.4, -0.2) is 20.0 Å². The van der Waals surface area contributed by atoms with Gasteiger partial charge in [0, 0.05) is 16.6 Å². The van der Waals surface area contributed by atoms with Crippen molar-refractivity contribution in [3.63, 3.8) is 0 Å². The number of benzene rings is 2. The smallest absolute Gasteiger partial charge is 0.190 e. The molecular weight excluding hydrogens is 288 g/mol. The molecule has 3 nitrogen and oxygen atoms in total. The van der Waals surface area contributed by atoms with E-state index in [1.807, 2.05) is 42.5 Å². The molecule has 3 rings (SSSR count). The Balaban J connectivity index is 2.17. The summed E-state index contributed by atoms with van der Waals surface area (Å²) in [6, 6.07) is 13.6. The Morgan fingerprint density at radius 2 is 1.57 bits per heavy atom. The first-order valence-electron chi connectivity index (χ1n) is 7.57. The van der Waals surface area contributed by atoms with Gasteiger partial charge >= 0.3 is 0 Å². The number of rotatable bonds is 3. The van der Waals surface area contributed by atoms with Crippen LogP contribution in [0, 0.1) is 0 Å². The molecule has 2 aromatic carbocycles. The number of fused-ring (bicyclic) bond motifs is 1. The lowest BCUT2D eigenvalue weighted by Crippen LogP contribution is -2.17. The van der Waals surface area contributed by atoms with Crippen molar-refractivity contribution < 1.29 is 14.3 Å². The molecule has 0 fully saturated rings. The molecule has 2 aromatic rings. The van der Waals surface area contributed by atoms with E-state index in [4.69, 9.17) is 9.47 Å². The standard InChI is InChI=1S/C20H20O3/c1-20(2)15-12-18(23-4)17(22-3)11-14(15)19(21)16(20)10-13-8-6-5-7-9-13/h5-12H,1-4H3. The van der Waals surface area contributed by atoms with Crippen LogP contribution in [0.4, 0.5) is 0 Å². The summed E-state index contributed by atoms with van der Waals surface area (Å²) < 4.78 is 10.7. The lowest BCUT2D eigenvalue weighted by atomic mass is 9.82. The largest absolute Gasteiger partial charge is 0.493 e. The zero-order valence-corrected chi connectivity index (χ0v) is 13.8. The minimum atomic E-state index is -0.373. The highest BCUT2D eigenvalue weighted by molar-refractivity contribution is 6.18. The molecule has 0 amide bonds. The molecule has 0 saturated heterocycles. The van der Waals surface area contributed by atoms with Crippen molar-refractivity contribution in [2.24, 2.45) is 0 Å². The van der Waals surface area contributed by atoms with E-state index in [1.54, 1.807) is 20.3 Å². The van der Waals surface area contributed by atoms with Crippen molar-refractivity contribution in [3.05, 3.63) is 64.7 Å². The highest BCUT2D eigenvalue weighted by Crippen LogP contribution is 2.47. The number of ether oxygens (including phenoxy) is 2. The van der Waals surface area contributed by atoms with E-state index in [2.05, 4.69) is 13.8 Å². The molecule has 118 valence electrons. The van der Waals surface area contributed by atoms with Crippen LogP contribution in [0.5, 0.6) is 11.5 Å². The Labute approximate surface area is 136 Å². The van der Waals surface area contributed by atoms with Gasteiger partial charge in [-0.15, -0.1) is 0 Å². The van der Waals surface area contributed by atoms with Crippen molar-refractivity contribution in [1.29, 1.82) is 0 Å². The highest BCUT2D eigenvalue weighted by Gasteiger charge is 2.41. The summed E-state index contributed by atoms with van der Waals surface area (Å²) >= 11 is 0. The second-order valence-corrected chi connectivity index (χ2v) is 6.18. The van der Waals surface area contributed by atoms with Gasteiger partial charge in [-0.05, 0) is 29.3 Å². The SMILES string of the molecule is COc1cc2c(cc1OC)C(C)(C)C(=Cc1ccccc1)C2=O. The molecule has 0 aliphatic heterocycles. The fourth-order valence-electron chi connectivity index (χ4n) is 3.12. The van der Waals surface area contributed by atoms with Crippen molar-refractivity contribution in [2.75, 3.05) is 14.2 Å². The molecule has 1 aliphatic rings. The van der Waals surface area contributed by atoms with Gasteiger partial charge in [-0.3, -0.25) is 4.79 Å². The highest BCUT2D eigenvalue weighted by atomic mass is 16.5. The average Bonchev–Trinajstić information content (AvgIpc) is 2.75. The second-order valence-electron chi connectivity index (χ2n) is 6.18. The average molecular weight is 308 g/mol. The van der Waals surface area contributed by atoms with Crippen LogP contribution < -0.4 is 9.47 Å². The second kappa shape index (κ2) is 5.58. The minimum absolute atomic E-state index is 0.0507. The molecular formula is C20H20O3. The van der Waals surface area contributed by atoms with Gasteiger partial charge in [0.25, 0.3) is 0 Å². The van der Waals surface area contributed by atoms with Crippen molar-refractivity contribution in [2.45, 2.75) is 19.3 Å². The summed E-state index contributed by atoms with van der Waals surface area (Å²) in [5.41, 5.74) is 3.10. The first-order valence-corrected chi connectivity index (χ1v) is 7.57. The third-order valence-corrected chi connectivity index (χ3v) is 4.47. The minimum Gasteiger partial charge on any atom is -0.493 e. The number of methoxy groups -OCH3 is 2. The summed E-state index contributed by atoms with van der Waals surface area (Å²) in [5, 5.41) is 0. The van der Waals surface area contributed by atoms with E-state index in [-0.39, 0.29) is 11.2 Å². The topological polar surface area (TPSA) is 35.5 Å². The fraction of sp³-hybridized carbons (Fsp3) is 0.250. The van der Waals surface area contributed by atoms with Gasteiger partial charge in [0.2, 0.25) is 0 Å². The molecule has 0 aromatic heterocycles. The first-order chi connectivity index (χ1) is 11.0. The quantitative estimate of drug-likeness (QED) is 0.795. The van der Waals surface area contributed by atoms with E-state index in [9.17, 15) is 4.79 Å². The molecule has 0 spiro atoms. The molecule has 3 heteroatoms. The fourth-order valence-corrected chi connectivity index (χ4v) is 3.12. The monoisotopic (exact) mass is 308 g/mol. The normalized spacial score (nSPS) is 17.2. The van der Waals surface area contributed by atoms with E-state index in [0.717, 1.165) is 16.7 Å². The van der Waals surface area contributed by atoms with Gasteiger partial charge in [0.1, 0.15) is 0 Å². The summed E-state index contributed by atoms with van der Waals surface area (Å²) in [7, 11) is 3.18. The molecule has 0 unspecified atom stereocenters. The van der Waals surface area contributed by atoms with Crippen molar-refractivity contribution >= 4 is 11.9 Å². The zero-order valence-electron chi connectivity index (χ0n) is 13.8. The Morgan fingerprint density at radius 1 is 0.957 bits per heavy atom. The Kier molecular flexibility index (Phi) is 3.72. The number of allylic oxidation sites excluding steroid dienone is 1. The first kappa shape index (κ1) is 15.3. The Hall–Kier alpha value is -2.55. The van der Waals surface area contributed by atoms with Gasteiger partial charge in [-0.2, -0.15) is 0 Å². The molecule has 0 N–H and O–H groups in total.